The molecule has 8 heteroatoms. The van der Waals surface area contributed by atoms with Crippen LogP contribution in [0.4, 0.5) is 0 Å². The van der Waals surface area contributed by atoms with Gasteiger partial charge in [0.2, 0.25) is 0 Å². The van der Waals surface area contributed by atoms with Gasteiger partial charge in [0.1, 0.15) is 19.3 Å². The van der Waals surface area contributed by atoms with Crippen LogP contribution in [0.1, 0.15) is 11.1 Å². The molecule has 198 valence electrons. The largest absolute Gasteiger partial charge is 0.241 e. The highest BCUT2D eigenvalue weighted by atomic mass is 33.1. The summed E-state index contributed by atoms with van der Waals surface area (Å²) in [5, 5.41) is 2.14. The summed E-state index contributed by atoms with van der Waals surface area (Å²) in [5.41, 5.74) is 6.26. The molecule has 0 aliphatic carbocycles. The van der Waals surface area contributed by atoms with Crippen molar-refractivity contribution in [1.82, 2.24) is 18.7 Å². The van der Waals surface area contributed by atoms with E-state index in [-0.39, 0.29) is 0 Å². The fourth-order valence-corrected chi connectivity index (χ4v) is 8.12. The van der Waals surface area contributed by atoms with Gasteiger partial charge in [-0.25, -0.2) is 18.7 Å². The highest BCUT2D eigenvalue weighted by Crippen LogP contribution is 2.44. The van der Waals surface area contributed by atoms with Gasteiger partial charge in [0.15, 0.2) is 0 Å². The van der Waals surface area contributed by atoms with E-state index in [0.29, 0.717) is 0 Å². The number of para-hydroxylation sites is 4. The van der Waals surface area contributed by atoms with E-state index >= 15 is 0 Å². The van der Waals surface area contributed by atoms with Crippen molar-refractivity contribution in [1.29, 1.82) is 0 Å². The summed E-state index contributed by atoms with van der Waals surface area (Å²) >= 11 is 12.0. The molecule has 0 saturated heterocycles. The third kappa shape index (κ3) is 4.81. The highest BCUT2D eigenvalue weighted by Gasteiger charge is 2.22. The van der Waals surface area contributed by atoms with Crippen molar-refractivity contribution in [2.24, 2.45) is 0 Å². The SMILES string of the molecule is Cc1c(SSc2c(C)c(=S)n(-c3ccccc3)n2-c2ccccc2)n(-c2ccccc2)n(-c2ccccc2)c1=S. The molecule has 2 heterocycles. The second kappa shape index (κ2) is 11.5. The maximum Gasteiger partial charge on any atom is 0.132 e. The fraction of sp³-hybridized carbons (Fsp3) is 0.0625. The molecule has 0 aliphatic rings. The lowest BCUT2D eigenvalue weighted by Crippen LogP contribution is -2.10. The maximum atomic E-state index is 6.02. The van der Waals surface area contributed by atoms with Crippen molar-refractivity contribution in [2.45, 2.75) is 23.9 Å². The predicted molar refractivity (Wildman–Crippen MR) is 173 cm³/mol. The van der Waals surface area contributed by atoms with Crippen molar-refractivity contribution in [2.75, 3.05) is 0 Å². The minimum absolute atomic E-state index is 0.789. The van der Waals surface area contributed by atoms with Gasteiger partial charge in [0.05, 0.1) is 22.7 Å². The van der Waals surface area contributed by atoms with Crippen molar-refractivity contribution in [3.63, 3.8) is 0 Å². The molecule has 0 atom stereocenters. The van der Waals surface area contributed by atoms with E-state index in [1.165, 1.54) is 0 Å². The minimum atomic E-state index is 0.789. The van der Waals surface area contributed by atoms with E-state index in [9.17, 15) is 0 Å². The molecule has 0 amide bonds. The molecule has 0 unspecified atom stereocenters. The molecule has 6 rings (SSSR count). The third-order valence-corrected chi connectivity index (χ3v) is 10.2. The minimum Gasteiger partial charge on any atom is -0.241 e. The summed E-state index contributed by atoms with van der Waals surface area (Å²) in [6, 6.07) is 41.3. The third-order valence-electron chi connectivity index (χ3n) is 6.66. The maximum absolute atomic E-state index is 6.02. The molecule has 6 aromatic rings. The average molecular weight is 595 g/mol. The van der Waals surface area contributed by atoms with Crippen LogP contribution in [0.5, 0.6) is 0 Å². The summed E-state index contributed by atoms with van der Waals surface area (Å²) in [6.45, 7) is 4.21. The van der Waals surface area contributed by atoms with Gasteiger partial charge in [0.25, 0.3) is 0 Å². The lowest BCUT2D eigenvalue weighted by atomic mass is 10.3. The molecule has 4 aromatic carbocycles. The highest BCUT2D eigenvalue weighted by molar-refractivity contribution is 8.76. The van der Waals surface area contributed by atoms with E-state index in [4.69, 9.17) is 24.4 Å². The monoisotopic (exact) mass is 594 g/mol. The standard InChI is InChI=1S/C32H26N4S4/c1-23-29(37)33(25-15-7-3-8-16-25)35(27-19-11-5-12-20-27)31(23)39-40-32-24(2)30(38)34(26-17-9-4-10-18-26)36(32)28-21-13-6-14-22-28/h3-22H,1-2H3. The zero-order valence-electron chi connectivity index (χ0n) is 22.0. The fourth-order valence-electron chi connectivity index (χ4n) is 4.66. The molecule has 0 spiro atoms. The molecular weight excluding hydrogens is 569 g/mol. The van der Waals surface area contributed by atoms with Gasteiger partial charge in [0, 0.05) is 11.1 Å². The Morgan fingerprint density at radius 1 is 0.400 bits per heavy atom. The first kappa shape index (κ1) is 26.7. The Morgan fingerprint density at radius 3 is 0.925 bits per heavy atom. The Kier molecular flexibility index (Phi) is 7.67. The van der Waals surface area contributed by atoms with Gasteiger partial charge in [-0.1, -0.05) is 97.2 Å². The second-order valence-electron chi connectivity index (χ2n) is 9.23. The second-order valence-corrected chi connectivity index (χ2v) is 12.1. The van der Waals surface area contributed by atoms with Crippen molar-refractivity contribution in [3.05, 3.63) is 142 Å². The van der Waals surface area contributed by atoms with Crippen LogP contribution in [0.3, 0.4) is 0 Å². The lowest BCUT2D eigenvalue weighted by Gasteiger charge is -2.17. The van der Waals surface area contributed by atoms with Crippen LogP contribution in [0.2, 0.25) is 0 Å². The van der Waals surface area contributed by atoms with Gasteiger partial charge in [-0.15, -0.1) is 0 Å². The van der Waals surface area contributed by atoms with E-state index < -0.39 is 0 Å². The van der Waals surface area contributed by atoms with Crippen LogP contribution >= 0.6 is 46.0 Å². The number of benzene rings is 4. The quantitative estimate of drug-likeness (QED) is 0.135. The van der Waals surface area contributed by atoms with Crippen LogP contribution in [-0.4, -0.2) is 18.7 Å². The van der Waals surface area contributed by atoms with Crippen LogP contribution in [0.15, 0.2) is 131 Å². The smallest absolute Gasteiger partial charge is 0.132 e. The molecule has 2 aromatic heterocycles. The Labute approximate surface area is 251 Å². The molecule has 0 fully saturated rings. The topological polar surface area (TPSA) is 19.7 Å². The number of hydrogen-bond donors (Lipinski definition) is 0. The zero-order chi connectivity index (χ0) is 27.6. The van der Waals surface area contributed by atoms with Crippen molar-refractivity contribution < 1.29 is 0 Å². The van der Waals surface area contributed by atoms with Gasteiger partial charge in [-0.05, 0) is 84.0 Å². The van der Waals surface area contributed by atoms with Gasteiger partial charge in [-0.3, -0.25) is 0 Å². The normalized spacial score (nSPS) is 11.2. The summed E-state index contributed by atoms with van der Waals surface area (Å²) < 4.78 is 10.3. The van der Waals surface area contributed by atoms with Crippen LogP contribution in [-0.2, 0) is 0 Å². The Balaban J connectivity index is 1.52. The van der Waals surface area contributed by atoms with Gasteiger partial charge in [-0.2, -0.15) is 0 Å². The van der Waals surface area contributed by atoms with Crippen molar-refractivity contribution in [3.8, 4) is 22.7 Å². The van der Waals surface area contributed by atoms with Gasteiger partial charge < -0.3 is 0 Å². The number of aromatic nitrogens is 4. The molecule has 40 heavy (non-hydrogen) atoms. The molecule has 0 saturated carbocycles. The summed E-state index contributed by atoms with van der Waals surface area (Å²) in [6.07, 6.45) is 0. The zero-order valence-corrected chi connectivity index (χ0v) is 25.2. The number of nitrogens with zero attached hydrogens (tertiary/aromatic N) is 4. The van der Waals surface area contributed by atoms with E-state index in [1.807, 2.05) is 48.5 Å². The molecule has 4 nitrogen and oxygen atoms in total. The molecule has 0 N–H and O–H groups in total. The Bertz CT molecular complexity index is 1740. The lowest BCUT2D eigenvalue weighted by molar-refractivity contribution is 0.686. The first-order valence-corrected chi connectivity index (χ1v) is 15.8. The predicted octanol–water partition coefficient (Wildman–Crippen LogP) is 9.72. The molecule has 0 radical (unpaired) electrons. The summed E-state index contributed by atoms with van der Waals surface area (Å²) in [7, 11) is 3.41. The summed E-state index contributed by atoms with van der Waals surface area (Å²) in [5.74, 6) is 0. The molecule has 0 aliphatic heterocycles. The van der Waals surface area contributed by atoms with Crippen LogP contribution < -0.4 is 0 Å². The summed E-state index contributed by atoms with van der Waals surface area (Å²) in [4.78, 5) is 0. The average Bonchev–Trinajstić information content (AvgIpc) is 3.41. The van der Waals surface area contributed by atoms with Crippen molar-refractivity contribution >= 4 is 46.0 Å². The Morgan fingerprint density at radius 2 is 0.650 bits per heavy atom. The van der Waals surface area contributed by atoms with Gasteiger partial charge >= 0.3 is 0 Å². The van der Waals surface area contributed by atoms with E-state index in [1.54, 1.807) is 21.6 Å². The molecular formula is C32H26N4S4. The first-order valence-electron chi connectivity index (χ1n) is 12.8. The number of rotatable bonds is 7. The number of hydrogen-bond acceptors (Lipinski definition) is 4. The molecule has 0 bridgehead atoms. The first-order chi connectivity index (χ1) is 19.6. The Hall–Kier alpha value is -3.56. The van der Waals surface area contributed by atoms with E-state index in [0.717, 1.165) is 53.2 Å². The van der Waals surface area contributed by atoms with E-state index in [2.05, 4.69) is 105 Å². The van der Waals surface area contributed by atoms with Crippen LogP contribution in [0.25, 0.3) is 22.7 Å². The van der Waals surface area contributed by atoms with Crippen LogP contribution in [0, 0.1) is 23.1 Å².